The van der Waals surface area contributed by atoms with Crippen molar-refractivity contribution in [3.63, 3.8) is 0 Å². The lowest BCUT2D eigenvalue weighted by atomic mass is 9.95. The Labute approximate surface area is 302 Å². The summed E-state index contributed by atoms with van der Waals surface area (Å²) in [5, 5.41) is 8.09. The summed E-state index contributed by atoms with van der Waals surface area (Å²) in [5.74, 6) is 0.647. The Morgan fingerprint density at radius 2 is 1.15 bits per heavy atom. The normalized spacial score (nSPS) is 11.8. The number of para-hydroxylation sites is 2. The van der Waals surface area contributed by atoms with Gasteiger partial charge in [-0.2, -0.15) is 0 Å². The fourth-order valence-electron chi connectivity index (χ4n) is 7.68. The van der Waals surface area contributed by atoms with Gasteiger partial charge in [-0.25, -0.2) is 15.0 Å². The highest BCUT2D eigenvalue weighted by molar-refractivity contribution is 7.26. The molecule has 11 aromatic rings. The van der Waals surface area contributed by atoms with Gasteiger partial charge in [0.15, 0.2) is 5.82 Å². The van der Waals surface area contributed by atoms with Crippen molar-refractivity contribution in [2.45, 2.75) is 0 Å². The minimum absolute atomic E-state index is 0.647. The molecule has 0 aliphatic heterocycles. The van der Waals surface area contributed by atoms with E-state index in [1.54, 1.807) is 0 Å². The molecule has 4 aromatic heterocycles. The molecule has 0 bridgehead atoms. The fourth-order valence-corrected chi connectivity index (χ4v) is 8.80. The van der Waals surface area contributed by atoms with Gasteiger partial charge in [0, 0.05) is 69.4 Å². The van der Waals surface area contributed by atoms with E-state index in [2.05, 4.69) is 127 Å². The van der Waals surface area contributed by atoms with Crippen LogP contribution in [-0.4, -0.2) is 15.0 Å². The van der Waals surface area contributed by atoms with E-state index in [1.165, 1.54) is 25.6 Å². The van der Waals surface area contributed by atoms with Crippen molar-refractivity contribution in [1.82, 2.24) is 15.0 Å². The molecule has 0 saturated carbocycles. The quantitative estimate of drug-likeness (QED) is 0.174. The summed E-state index contributed by atoms with van der Waals surface area (Å²) in [6, 6.07) is 57.0. The van der Waals surface area contributed by atoms with Crippen LogP contribution in [0.1, 0.15) is 0 Å². The number of hydrogen-bond donors (Lipinski definition) is 0. The number of nitrogens with zero attached hydrogens (tertiary/aromatic N) is 3. The molecule has 0 saturated heterocycles. The van der Waals surface area contributed by atoms with E-state index < -0.39 is 0 Å². The van der Waals surface area contributed by atoms with Crippen molar-refractivity contribution in [2.75, 3.05) is 0 Å². The Bertz CT molecular complexity index is 3180. The van der Waals surface area contributed by atoms with E-state index in [9.17, 15) is 0 Å². The van der Waals surface area contributed by atoms with Crippen LogP contribution in [0.3, 0.4) is 0 Å². The lowest BCUT2D eigenvalue weighted by Crippen LogP contribution is -1.97. The van der Waals surface area contributed by atoms with Gasteiger partial charge < -0.3 is 4.42 Å². The fraction of sp³-hybridized carbons (Fsp3) is 0. The van der Waals surface area contributed by atoms with E-state index >= 15 is 0 Å². The molecule has 0 unspecified atom stereocenters. The standard InChI is InChI=1S/C47H27N3OS/c1-3-12-28(13-4-1)38-27-39(33-19-11-18-32-31-16-7-9-20-40(31)51-46(32)33)50-47(49-38)30-22-24-37-36(26-30)43-35(45(48-37)29-14-5-2-6-15-29)23-25-42-44(43)34-17-8-10-21-41(34)52-42/h1-27H. The number of aromatic nitrogens is 3. The molecule has 0 amide bonds. The Morgan fingerprint density at radius 1 is 0.423 bits per heavy atom. The number of pyridine rings is 1. The number of benzene rings is 7. The molecule has 242 valence electrons. The zero-order valence-electron chi connectivity index (χ0n) is 27.7. The van der Waals surface area contributed by atoms with Gasteiger partial charge in [-0.1, -0.05) is 115 Å². The van der Waals surface area contributed by atoms with Crippen LogP contribution in [0, 0.1) is 0 Å². The summed E-state index contributed by atoms with van der Waals surface area (Å²) in [5.41, 5.74) is 9.24. The van der Waals surface area contributed by atoms with Crippen LogP contribution in [-0.2, 0) is 0 Å². The SMILES string of the molecule is c1ccc(-c2cc(-c3cccc4c3oc3ccccc34)nc(-c3ccc4nc(-c5ccccc5)c5ccc6sc7ccccc7c6c5c4c3)n2)cc1. The molecule has 4 nitrogen and oxygen atoms in total. The summed E-state index contributed by atoms with van der Waals surface area (Å²) >= 11 is 1.83. The second-order valence-electron chi connectivity index (χ2n) is 13.1. The van der Waals surface area contributed by atoms with Crippen molar-refractivity contribution >= 4 is 75.1 Å². The van der Waals surface area contributed by atoms with Crippen LogP contribution in [0.2, 0.25) is 0 Å². The zero-order valence-corrected chi connectivity index (χ0v) is 28.6. The number of furan rings is 1. The number of thiophene rings is 1. The number of rotatable bonds is 4. The largest absolute Gasteiger partial charge is 0.455 e. The van der Waals surface area contributed by atoms with Crippen molar-refractivity contribution in [1.29, 1.82) is 0 Å². The average Bonchev–Trinajstić information content (AvgIpc) is 3.79. The van der Waals surface area contributed by atoms with Gasteiger partial charge in [0.1, 0.15) is 11.2 Å². The van der Waals surface area contributed by atoms with Crippen LogP contribution in [0.15, 0.2) is 168 Å². The molecule has 0 aliphatic rings. The van der Waals surface area contributed by atoms with Crippen LogP contribution >= 0.6 is 11.3 Å². The first kappa shape index (κ1) is 29.1. The lowest BCUT2D eigenvalue weighted by molar-refractivity contribution is 0.670. The summed E-state index contributed by atoms with van der Waals surface area (Å²) in [7, 11) is 0. The van der Waals surface area contributed by atoms with Gasteiger partial charge in [0.2, 0.25) is 0 Å². The smallest absolute Gasteiger partial charge is 0.160 e. The Morgan fingerprint density at radius 3 is 2.02 bits per heavy atom. The second kappa shape index (κ2) is 11.4. The van der Waals surface area contributed by atoms with E-state index in [1.807, 2.05) is 47.7 Å². The highest BCUT2D eigenvalue weighted by Crippen LogP contribution is 2.44. The number of hydrogen-bond acceptors (Lipinski definition) is 5. The molecular weight excluding hydrogens is 655 g/mol. The van der Waals surface area contributed by atoms with E-state index in [-0.39, 0.29) is 0 Å². The molecule has 52 heavy (non-hydrogen) atoms. The topological polar surface area (TPSA) is 51.8 Å². The predicted molar refractivity (Wildman–Crippen MR) is 217 cm³/mol. The Hall–Kier alpha value is -6.69. The maximum atomic E-state index is 6.48. The predicted octanol–water partition coefficient (Wildman–Crippen LogP) is 13.1. The molecule has 4 heterocycles. The average molecular weight is 682 g/mol. The molecule has 11 rings (SSSR count). The first-order chi connectivity index (χ1) is 25.8. The first-order valence-corrected chi connectivity index (χ1v) is 18.2. The van der Waals surface area contributed by atoms with Gasteiger partial charge in [0.25, 0.3) is 0 Å². The monoisotopic (exact) mass is 681 g/mol. The van der Waals surface area contributed by atoms with Gasteiger partial charge in [0.05, 0.1) is 22.6 Å². The van der Waals surface area contributed by atoms with Crippen molar-refractivity contribution < 1.29 is 4.42 Å². The third kappa shape index (κ3) is 4.50. The van der Waals surface area contributed by atoms with E-state index in [0.717, 1.165) is 77.6 Å². The molecular formula is C47H27N3OS. The Kier molecular flexibility index (Phi) is 6.39. The maximum absolute atomic E-state index is 6.48. The van der Waals surface area contributed by atoms with Crippen LogP contribution in [0.5, 0.6) is 0 Å². The summed E-state index contributed by atoms with van der Waals surface area (Å²) in [6.45, 7) is 0. The summed E-state index contributed by atoms with van der Waals surface area (Å²) in [6.07, 6.45) is 0. The molecule has 5 heteroatoms. The second-order valence-corrected chi connectivity index (χ2v) is 14.2. The lowest BCUT2D eigenvalue weighted by Gasteiger charge is -2.14. The van der Waals surface area contributed by atoms with Gasteiger partial charge in [-0.05, 0) is 48.5 Å². The third-order valence-corrected chi connectivity index (χ3v) is 11.2. The minimum atomic E-state index is 0.647. The van der Waals surface area contributed by atoms with Gasteiger partial charge in [-0.15, -0.1) is 11.3 Å². The molecule has 0 aliphatic carbocycles. The molecule has 0 N–H and O–H groups in total. The summed E-state index contributed by atoms with van der Waals surface area (Å²) in [4.78, 5) is 15.8. The molecule has 0 radical (unpaired) electrons. The van der Waals surface area contributed by atoms with Crippen molar-refractivity contribution in [2.24, 2.45) is 0 Å². The molecule has 0 spiro atoms. The van der Waals surface area contributed by atoms with Crippen molar-refractivity contribution in [3.05, 3.63) is 164 Å². The van der Waals surface area contributed by atoms with Crippen LogP contribution in [0.25, 0.3) is 109 Å². The number of fused-ring (bicyclic) bond motifs is 10. The zero-order chi connectivity index (χ0) is 34.2. The molecule has 7 aromatic carbocycles. The van der Waals surface area contributed by atoms with Gasteiger partial charge in [-0.3, -0.25) is 0 Å². The van der Waals surface area contributed by atoms with Crippen molar-refractivity contribution in [3.8, 4) is 45.2 Å². The highest BCUT2D eigenvalue weighted by atomic mass is 32.1. The third-order valence-electron chi connectivity index (χ3n) is 10.1. The van der Waals surface area contributed by atoms with E-state index in [4.69, 9.17) is 19.4 Å². The molecule has 0 fully saturated rings. The van der Waals surface area contributed by atoms with Crippen LogP contribution < -0.4 is 0 Å². The van der Waals surface area contributed by atoms with Gasteiger partial charge >= 0.3 is 0 Å². The summed E-state index contributed by atoms with van der Waals surface area (Å²) < 4.78 is 9.02. The Balaban J connectivity index is 1.20. The maximum Gasteiger partial charge on any atom is 0.160 e. The highest BCUT2D eigenvalue weighted by Gasteiger charge is 2.19. The van der Waals surface area contributed by atoms with Crippen LogP contribution in [0.4, 0.5) is 0 Å². The minimum Gasteiger partial charge on any atom is -0.455 e. The van der Waals surface area contributed by atoms with E-state index in [0.29, 0.717) is 5.82 Å². The first-order valence-electron chi connectivity index (χ1n) is 17.4. The molecule has 0 atom stereocenters.